The van der Waals surface area contributed by atoms with Crippen LogP contribution in [0.1, 0.15) is 41.5 Å². The summed E-state index contributed by atoms with van der Waals surface area (Å²) in [6.07, 6.45) is 0. The third-order valence-corrected chi connectivity index (χ3v) is 4.67. The molecule has 0 saturated heterocycles. The molecule has 2 rings (SSSR count). The van der Waals surface area contributed by atoms with Gasteiger partial charge in [0, 0.05) is 23.2 Å². The van der Waals surface area contributed by atoms with Crippen LogP contribution in [0.4, 0.5) is 0 Å². The van der Waals surface area contributed by atoms with Crippen LogP contribution in [-0.2, 0) is 0 Å². The van der Waals surface area contributed by atoms with Crippen LogP contribution in [0.2, 0.25) is 15.1 Å². The van der Waals surface area contributed by atoms with Gasteiger partial charge >= 0.3 is 0 Å². The fourth-order valence-corrected chi connectivity index (χ4v) is 2.94. The summed E-state index contributed by atoms with van der Waals surface area (Å²) < 4.78 is 0. The molecule has 0 unspecified atom stereocenters. The summed E-state index contributed by atoms with van der Waals surface area (Å²) in [5.74, 6) is -0.689. The van der Waals surface area contributed by atoms with Crippen molar-refractivity contribution in [3.63, 3.8) is 0 Å². The number of hydrogen-bond acceptors (Lipinski definition) is 2. The van der Waals surface area contributed by atoms with Crippen LogP contribution in [0.15, 0.2) is 42.5 Å². The number of hydrogen-bond donors (Lipinski definition) is 0. The lowest BCUT2D eigenvalue weighted by Crippen LogP contribution is -2.56. The summed E-state index contributed by atoms with van der Waals surface area (Å²) in [4.78, 5) is 25.9. The lowest BCUT2D eigenvalue weighted by molar-refractivity contribution is -0.0308. The van der Waals surface area contributed by atoms with Gasteiger partial charge in [0.2, 0.25) is 0 Å². The van der Waals surface area contributed by atoms with E-state index >= 15 is 0 Å². The van der Waals surface area contributed by atoms with Crippen molar-refractivity contribution in [3.05, 3.63) is 68.7 Å². The topological polar surface area (TPSA) is 40.6 Å². The van der Waals surface area contributed by atoms with E-state index < -0.39 is 5.54 Å². The van der Waals surface area contributed by atoms with Crippen LogP contribution in [0.25, 0.3) is 0 Å². The Balaban J connectivity index is 2.40. The van der Waals surface area contributed by atoms with Gasteiger partial charge in [-0.1, -0.05) is 34.8 Å². The zero-order valence-corrected chi connectivity index (χ0v) is 17.2. The number of halogens is 3. The third-order valence-electron chi connectivity index (χ3n) is 3.68. The number of carbonyl (C=O) groups is 2. The average Bonchev–Trinajstić information content (AvgIpc) is 2.56. The largest absolute Gasteiger partial charge is 0.273 e. The van der Waals surface area contributed by atoms with Gasteiger partial charge in [-0.15, -0.1) is 0 Å². The Morgan fingerprint density at radius 1 is 0.808 bits per heavy atom. The predicted molar refractivity (Wildman–Crippen MR) is 106 cm³/mol. The van der Waals surface area contributed by atoms with Crippen LogP contribution in [-0.4, -0.2) is 34.4 Å². The van der Waals surface area contributed by atoms with Crippen molar-refractivity contribution in [2.24, 2.45) is 0 Å². The van der Waals surface area contributed by atoms with Gasteiger partial charge in [0.15, 0.2) is 0 Å². The smallest absolute Gasteiger partial charge is 0.267 e. The molecule has 0 spiro atoms. The number of carbonyl (C=O) groups excluding carboxylic acids is 2. The maximum Gasteiger partial charge on any atom is 0.273 e. The molecule has 0 saturated carbocycles. The van der Waals surface area contributed by atoms with E-state index in [0.29, 0.717) is 21.2 Å². The lowest BCUT2D eigenvalue weighted by Gasteiger charge is -2.41. The van der Waals surface area contributed by atoms with Gasteiger partial charge in [0.05, 0.1) is 15.6 Å². The molecule has 0 aliphatic heterocycles. The molecule has 0 radical (unpaired) electrons. The fraction of sp³-hybridized carbons (Fsp3) is 0.263. The van der Waals surface area contributed by atoms with Gasteiger partial charge in [-0.2, -0.15) is 0 Å². The van der Waals surface area contributed by atoms with Crippen LogP contribution in [0.3, 0.4) is 0 Å². The summed E-state index contributed by atoms with van der Waals surface area (Å²) in [7, 11) is 1.55. The van der Waals surface area contributed by atoms with E-state index in [9.17, 15) is 9.59 Å². The third kappa shape index (κ3) is 4.50. The Morgan fingerprint density at radius 3 is 1.85 bits per heavy atom. The minimum absolute atomic E-state index is 0.276. The first-order valence-electron chi connectivity index (χ1n) is 7.85. The van der Waals surface area contributed by atoms with E-state index in [4.69, 9.17) is 34.8 Å². The van der Waals surface area contributed by atoms with Gasteiger partial charge in [0.25, 0.3) is 11.8 Å². The molecule has 4 nitrogen and oxygen atoms in total. The first-order chi connectivity index (χ1) is 12.0. The molecule has 2 aromatic rings. The summed E-state index contributed by atoms with van der Waals surface area (Å²) in [6.45, 7) is 5.52. The Bertz CT molecular complexity index is 830. The van der Waals surface area contributed by atoms with Gasteiger partial charge in [-0.05, 0) is 63.2 Å². The minimum atomic E-state index is -0.653. The van der Waals surface area contributed by atoms with Crippen molar-refractivity contribution in [1.82, 2.24) is 10.0 Å². The summed E-state index contributed by atoms with van der Waals surface area (Å²) in [5.41, 5.74) is 0.109. The number of benzene rings is 2. The Morgan fingerprint density at radius 2 is 1.35 bits per heavy atom. The molecular weight excluding hydrogens is 395 g/mol. The molecule has 7 heteroatoms. The van der Waals surface area contributed by atoms with Crippen LogP contribution in [0, 0.1) is 0 Å². The highest BCUT2D eigenvalue weighted by atomic mass is 35.5. The molecule has 0 aromatic heterocycles. The summed E-state index contributed by atoms with van der Waals surface area (Å²) in [6, 6.07) is 11.1. The second kappa shape index (κ2) is 7.87. The molecule has 0 aliphatic carbocycles. The van der Waals surface area contributed by atoms with Gasteiger partial charge < -0.3 is 0 Å². The maximum atomic E-state index is 13.1. The van der Waals surface area contributed by atoms with Gasteiger partial charge in [-0.3, -0.25) is 9.59 Å². The van der Waals surface area contributed by atoms with Crippen molar-refractivity contribution in [2.75, 3.05) is 7.05 Å². The molecule has 0 aliphatic rings. The molecule has 0 atom stereocenters. The average molecular weight is 414 g/mol. The molecule has 0 heterocycles. The molecular formula is C19H19Cl3N2O2. The summed E-state index contributed by atoms with van der Waals surface area (Å²) in [5, 5.41) is 3.86. The second-order valence-electron chi connectivity index (χ2n) is 6.75. The number of hydrazine groups is 1. The molecule has 2 amide bonds. The molecule has 0 N–H and O–H groups in total. The maximum absolute atomic E-state index is 13.1. The van der Waals surface area contributed by atoms with Crippen molar-refractivity contribution < 1.29 is 9.59 Å². The summed E-state index contributed by atoms with van der Waals surface area (Å²) >= 11 is 17.8. The van der Waals surface area contributed by atoms with E-state index in [2.05, 4.69) is 0 Å². The standard InChI is InChI=1S/C19H19Cl3N2O2/c1-19(2,3)24(18(26)13-7-10-15(21)16(22)11-13)23(4)17(25)12-5-8-14(20)9-6-12/h5-11H,1-4H3. The van der Waals surface area contributed by atoms with Gasteiger partial charge in [0.1, 0.15) is 0 Å². The number of rotatable bonds is 2. The van der Waals surface area contributed by atoms with E-state index in [1.54, 1.807) is 43.4 Å². The van der Waals surface area contributed by atoms with E-state index in [1.165, 1.54) is 16.1 Å². The number of nitrogens with zero attached hydrogens (tertiary/aromatic N) is 2. The Labute approximate surface area is 168 Å². The first-order valence-corrected chi connectivity index (χ1v) is 8.99. The lowest BCUT2D eigenvalue weighted by atomic mass is 10.1. The monoisotopic (exact) mass is 412 g/mol. The highest BCUT2D eigenvalue weighted by molar-refractivity contribution is 6.42. The zero-order chi connectivity index (χ0) is 19.6. The van der Waals surface area contributed by atoms with Crippen LogP contribution >= 0.6 is 34.8 Å². The molecule has 2 aromatic carbocycles. The fourth-order valence-electron chi connectivity index (χ4n) is 2.51. The molecule has 26 heavy (non-hydrogen) atoms. The second-order valence-corrected chi connectivity index (χ2v) is 8.00. The molecule has 138 valence electrons. The quantitative estimate of drug-likeness (QED) is 0.603. The SMILES string of the molecule is CN(C(=O)c1ccc(Cl)cc1)N(C(=O)c1ccc(Cl)c(Cl)c1)C(C)(C)C. The van der Waals surface area contributed by atoms with E-state index in [1.807, 2.05) is 20.8 Å². The van der Waals surface area contributed by atoms with E-state index in [0.717, 1.165) is 0 Å². The van der Waals surface area contributed by atoms with Crippen molar-refractivity contribution in [3.8, 4) is 0 Å². The van der Waals surface area contributed by atoms with Crippen LogP contribution < -0.4 is 0 Å². The van der Waals surface area contributed by atoms with Gasteiger partial charge in [-0.25, -0.2) is 10.0 Å². The Hall–Kier alpha value is -1.75. The minimum Gasteiger partial charge on any atom is -0.267 e. The molecule has 0 fully saturated rings. The Kier molecular flexibility index (Phi) is 6.22. The highest BCUT2D eigenvalue weighted by Crippen LogP contribution is 2.26. The van der Waals surface area contributed by atoms with Crippen LogP contribution in [0.5, 0.6) is 0 Å². The van der Waals surface area contributed by atoms with E-state index in [-0.39, 0.29) is 16.8 Å². The van der Waals surface area contributed by atoms with Crippen molar-refractivity contribution >= 4 is 46.6 Å². The first kappa shape index (κ1) is 20.6. The molecule has 0 bridgehead atoms. The predicted octanol–water partition coefficient (Wildman–Crippen LogP) is 5.57. The van der Waals surface area contributed by atoms with Crippen molar-refractivity contribution in [2.45, 2.75) is 26.3 Å². The number of amides is 2. The van der Waals surface area contributed by atoms with Crippen molar-refractivity contribution in [1.29, 1.82) is 0 Å². The highest BCUT2D eigenvalue weighted by Gasteiger charge is 2.34. The normalized spacial score (nSPS) is 11.2. The zero-order valence-electron chi connectivity index (χ0n) is 14.9.